The van der Waals surface area contributed by atoms with Gasteiger partial charge in [0.1, 0.15) is 0 Å². The molecule has 1 aromatic carbocycles. The van der Waals surface area contributed by atoms with Gasteiger partial charge in [0.25, 0.3) is 0 Å². The summed E-state index contributed by atoms with van der Waals surface area (Å²) in [7, 11) is 0. The number of nitrogens with zero attached hydrogens (tertiary/aromatic N) is 2. The first-order valence-corrected chi connectivity index (χ1v) is 7.16. The summed E-state index contributed by atoms with van der Waals surface area (Å²) < 4.78 is 0. The second-order valence-electron chi connectivity index (χ2n) is 5.33. The van der Waals surface area contributed by atoms with Crippen molar-refractivity contribution in [1.82, 2.24) is 4.90 Å². The molecule has 2 aliphatic heterocycles. The summed E-state index contributed by atoms with van der Waals surface area (Å²) in [5.41, 5.74) is 8.02. The Balaban J connectivity index is 1.77. The van der Waals surface area contributed by atoms with Crippen LogP contribution < -0.4 is 10.6 Å². The Morgan fingerprint density at radius 3 is 2.89 bits per heavy atom. The van der Waals surface area contributed by atoms with Gasteiger partial charge < -0.3 is 10.6 Å². The van der Waals surface area contributed by atoms with Gasteiger partial charge in [0, 0.05) is 30.7 Å². The van der Waals surface area contributed by atoms with E-state index in [2.05, 4.69) is 15.9 Å². The predicted octanol–water partition coefficient (Wildman–Crippen LogP) is 2.60. The lowest BCUT2D eigenvalue weighted by Crippen LogP contribution is -2.55. The van der Waals surface area contributed by atoms with Crippen LogP contribution in [0.3, 0.4) is 0 Å². The third-order valence-corrected chi connectivity index (χ3v) is 4.40. The first-order chi connectivity index (χ1) is 8.74. The molecule has 0 aliphatic carbocycles. The number of fused-ring (bicyclic) bond motifs is 1. The summed E-state index contributed by atoms with van der Waals surface area (Å²) in [5, 5.41) is 0.715. The molecular weight excluding hydrogens is 246 g/mol. The van der Waals surface area contributed by atoms with Gasteiger partial charge in [-0.15, -0.1) is 0 Å². The van der Waals surface area contributed by atoms with Crippen LogP contribution in [0.4, 0.5) is 11.4 Å². The lowest BCUT2D eigenvalue weighted by molar-refractivity contribution is 0.133. The van der Waals surface area contributed by atoms with Gasteiger partial charge in [-0.2, -0.15) is 0 Å². The van der Waals surface area contributed by atoms with Gasteiger partial charge in [0.15, 0.2) is 0 Å². The molecule has 0 saturated carbocycles. The zero-order chi connectivity index (χ0) is 12.5. The molecule has 18 heavy (non-hydrogen) atoms. The first-order valence-electron chi connectivity index (χ1n) is 6.78. The molecule has 1 atom stereocenters. The molecule has 98 valence electrons. The third-order valence-electron chi connectivity index (χ3n) is 4.17. The van der Waals surface area contributed by atoms with E-state index in [0.717, 1.165) is 31.0 Å². The number of hydrogen-bond donors (Lipinski definition) is 1. The lowest BCUT2D eigenvalue weighted by Gasteiger charge is -2.45. The summed E-state index contributed by atoms with van der Waals surface area (Å²) in [6, 6.07) is 6.54. The van der Waals surface area contributed by atoms with Crippen LogP contribution in [0.25, 0.3) is 0 Å². The normalized spacial score (nSPS) is 24.9. The third kappa shape index (κ3) is 2.29. The standard InChI is InChI=1S/C14H20ClN3/c15-11-4-5-14(13(16)9-11)18-8-7-17-6-2-1-3-12(17)10-18/h4-5,9,12H,1-3,6-8,10,16H2. The second kappa shape index (κ2) is 4.98. The van der Waals surface area contributed by atoms with E-state index in [-0.39, 0.29) is 0 Å². The topological polar surface area (TPSA) is 32.5 Å². The van der Waals surface area contributed by atoms with Crippen molar-refractivity contribution >= 4 is 23.0 Å². The van der Waals surface area contributed by atoms with E-state index in [1.807, 2.05) is 12.1 Å². The number of nitrogen functional groups attached to an aromatic ring is 1. The highest BCUT2D eigenvalue weighted by molar-refractivity contribution is 6.31. The molecule has 2 fully saturated rings. The summed E-state index contributed by atoms with van der Waals surface area (Å²) in [4.78, 5) is 5.05. The fourth-order valence-electron chi connectivity index (χ4n) is 3.19. The number of benzene rings is 1. The molecule has 2 saturated heterocycles. The van der Waals surface area contributed by atoms with Crippen molar-refractivity contribution < 1.29 is 0 Å². The van der Waals surface area contributed by atoms with Crippen molar-refractivity contribution in [1.29, 1.82) is 0 Å². The molecule has 0 amide bonds. The zero-order valence-corrected chi connectivity index (χ0v) is 11.4. The molecule has 2 N–H and O–H groups in total. The highest BCUT2D eigenvalue weighted by Gasteiger charge is 2.29. The van der Waals surface area contributed by atoms with Crippen LogP contribution in [-0.4, -0.2) is 37.1 Å². The van der Waals surface area contributed by atoms with E-state index in [9.17, 15) is 0 Å². The number of piperidine rings is 1. The monoisotopic (exact) mass is 265 g/mol. The Hall–Kier alpha value is -0.930. The number of anilines is 2. The van der Waals surface area contributed by atoms with Gasteiger partial charge >= 0.3 is 0 Å². The summed E-state index contributed by atoms with van der Waals surface area (Å²) >= 11 is 5.96. The van der Waals surface area contributed by atoms with E-state index < -0.39 is 0 Å². The van der Waals surface area contributed by atoms with Gasteiger partial charge in [-0.3, -0.25) is 4.90 Å². The number of halogens is 1. The van der Waals surface area contributed by atoms with Crippen LogP contribution in [0, 0.1) is 0 Å². The van der Waals surface area contributed by atoms with Crippen LogP contribution in [0.5, 0.6) is 0 Å². The van der Waals surface area contributed by atoms with Gasteiger partial charge in [-0.25, -0.2) is 0 Å². The summed E-state index contributed by atoms with van der Waals surface area (Å²) in [6.07, 6.45) is 4.05. The van der Waals surface area contributed by atoms with Crippen LogP contribution in [0.2, 0.25) is 5.02 Å². The minimum absolute atomic E-state index is 0.711. The molecule has 0 radical (unpaired) electrons. The Kier molecular flexibility index (Phi) is 3.35. The molecule has 1 unspecified atom stereocenters. The van der Waals surface area contributed by atoms with Gasteiger partial charge in [-0.1, -0.05) is 18.0 Å². The van der Waals surface area contributed by atoms with Crippen LogP contribution in [0.15, 0.2) is 18.2 Å². The van der Waals surface area contributed by atoms with Gasteiger partial charge in [0.2, 0.25) is 0 Å². The molecular formula is C14H20ClN3. The molecule has 4 heteroatoms. The van der Waals surface area contributed by atoms with E-state index in [4.69, 9.17) is 17.3 Å². The predicted molar refractivity (Wildman–Crippen MR) is 77.3 cm³/mol. The number of piperazine rings is 1. The van der Waals surface area contributed by atoms with E-state index in [1.165, 1.54) is 25.8 Å². The van der Waals surface area contributed by atoms with E-state index >= 15 is 0 Å². The van der Waals surface area contributed by atoms with Crippen molar-refractivity contribution in [2.75, 3.05) is 36.8 Å². The van der Waals surface area contributed by atoms with E-state index in [1.54, 1.807) is 0 Å². The second-order valence-corrected chi connectivity index (χ2v) is 5.77. The fourth-order valence-corrected chi connectivity index (χ4v) is 3.37. The van der Waals surface area contributed by atoms with Crippen molar-refractivity contribution in [2.45, 2.75) is 25.3 Å². The average Bonchev–Trinajstić information content (AvgIpc) is 2.38. The first kappa shape index (κ1) is 12.1. The summed E-state index contributed by atoms with van der Waals surface area (Å²) in [5.74, 6) is 0. The fraction of sp³-hybridized carbons (Fsp3) is 0.571. The lowest BCUT2D eigenvalue weighted by atomic mass is 9.99. The summed E-state index contributed by atoms with van der Waals surface area (Å²) in [6.45, 7) is 4.61. The molecule has 3 rings (SSSR count). The Morgan fingerprint density at radius 2 is 2.06 bits per heavy atom. The quantitative estimate of drug-likeness (QED) is 0.793. The van der Waals surface area contributed by atoms with Gasteiger partial charge in [0.05, 0.1) is 11.4 Å². The van der Waals surface area contributed by atoms with Crippen LogP contribution >= 0.6 is 11.6 Å². The Labute approximate surface area is 114 Å². The number of hydrogen-bond acceptors (Lipinski definition) is 3. The SMILES string of the molecule is Nc1cc(Cl)ccc1N1CCN2CCCCC2C1. The minimum atomic E-state index is 0.711. The molecule has 0 bridgehead atoms. The van der Waals surface area contributed by atoms with Crippen molar-refractivity contribution in [2.24, 2.45) is 0 Å². The van der Waals surface area contributed by atoms with Crippen molar-refractivity contribution in [3.63, 3.8) is 0 Å². The Bertz CT molecular complexity index is 435. The van der Waals surface area contributed by atoms with Crippen LogP contribution in [0.1, 0.15) is 19.3 Å². The maximum absolute atomic E-state index is 6.08. The zero-order valence-electron chi connectivity index (χ0n) is 10.6. The highest BCUT2D eigenvalue weighted by Crippen LogP contribution is 2.30. The largest absolute Gasteiger partial charge is 0.397 e. The smallest absolute Gasteiger partial charge is 0.0601 e. The van der Waals surface area contributed by atoms with Crippen molar-refractivity contribution in [3.05, 3.63) is 23.2 Å². The molecule has 2 aliphatic rings. The molecule has 0 spiro atoms. The Morgan fingerprint density at radius 1 is 1.17 bits per heavy atom. The molecule has 0 aromatic heterocycles. The molecule has 3 nitrogen and oxygen atoms in total. The van der Waals surface area contributed by atoms with Crippen LogP contribution in [-0.2, 0) is 0 Å². The highest BCUT2D eigenvalue weighted by atomic mass is 35.5. The maximum Gasteiger partial charge on any atom is 0.0601 e. The number of rotatable bonds is 1. The minimum Gasteiger partial charge on any atom is -0.397 e. The molecule has 2 heterocycles. The van der Waals surface area contributed by atoms with E-state index in [0.29, 0.717) is 11.1 Å². The number of nitrogens with two attached hydrogens (primary N) is 1. The average molecular weight is 266 g/mol. The molecule has 1 aromatic rings. The maximum atomic E-state index is 6.08. The van der Waals surface area contributed by atoms with Gasteiger partial charge in [-0.05, 0) is 37.6 Å². The van der Waals surface area contributed by atoms with Crippen molar-refractivity contribution in [3.8, 4) is 0 Å².